The molecule has 23 heavy (non-hydrogen) atoms. The molecule has 8 nitrogen and oxygen atoms in total. The third-order valence-corrected chi connectivity index (χ3v) is 3.39. The summed E-state index contributed by atoms with van der Waals surface area (Å²) in [4.78, 5) is 24.7. The quantitative estimate of drug-likeness (QED) is 0.803. The lowest BCUT2D eigenvalue weighted by molar-refractivity contribution is 0.543. The van der Waals surface area contributed by atoms with Gasteiger partial charge in [0.05, 0.1) is 16.5 Å². The van der Waals surface area contributed by atoms with E-state index in [4.69, 9.17) is 15.8 Å². The molecule has 0 fully saturated rings. The standard InChI is InChI=1S/C15H10N6O2/c1-20-14(22)10-4-3-5-11(13(10)15(23)21(20)2)19-12(8-18)9(6-16)7-17/h3-5,19H,1-2H3. The molecule has 2 aromatic rings. The third kappa shape index (κ3) is 2.44. The Hall–Kier alpha value is -3.83. The molecular weight excluding hydrogens is 296 g/mol. The van der Waals surface area contributed by atoms with Crippen LogP contribution in [0.2, 0.25) is 0 Å². The molecule has 1 N–H and O–H groups in total. The van der Waals surface area contributed by atoms with Crippen molar-refractivity contribution in [3.63, 3.8) is 0 Å². The fourth-order valence-corrected chi connectivity index (χ4v) is 2.09. The Kier molecular flexibility index (Phi) is 3.98. The molecule has 1 aromatic heterocycles. The second kappa shape index (κ2) is 5.88. The Bertz CT molecular complexity index is 1070. The van der Waals surface area contributed by atoms with Crippen molar-refractivity contribution in [2.75, 3.05) is 5.32 Å². The Balaban J connectivity index is 2.85. The van der Waals surface area contributed by atoms with Crippen molar-refractivity contribution < 1.29 is 0 Å². The SMILES string of the molecule is Cn1c(=O)c2cccc(NC(C#N)=C(C#N)C#N)c2c(=O)n1C. The molecule has 0 aliphatic heterocycles. The van der Waals surface area contributed by atoms with E-state index in [-0.39, 0.29) is 27.7 Å². The average molecular weight is 306 g/mol. The van der Waals surface area contributed by atoms with E-state index in [1.165, 1.54) is 30.9 Å². The molecule has 1 aromatic carbocycles. The summed E-state index contributed by atoms with van der Waals surface area (Å²) < 4.78 is 2.31. The molecule has 0 atom stereocenters. The molecule has 0 aliphatic carbocycles. The van der Waals surface area contributed by atoms with Gasteiger partial charge in [-0.05, 0) is 12.1 Å². The molecule has 0 spiro atoms. The lowest BCUT2D eigenvalue weighted by Crippen LogP contribution is -2.35. The van der Waals surface area contributed by atoms with Gasteiger partial charge in [-0.25, -0.2) is 0 Å². The van der Waals surface area contributed by atoms with E-state index in [9.17, 15) is 9.59 Å². The fraction of sp³-hybridized carbons (Fsp3) is 0.133. The van der Waals surface area contributed by atoms with Gasteiger partial charge in [-0.3, -0.25) is 19.0 Å². The summed E-state index contributed by atoms with van der Waals surface area (Å²) >= 11 is 0. The van der Waals surface area contributed by atoms with E-state index in [0.717, 1.165) is 4.68 Å². The van der Waals surface area contributed by atoms with E-state index < -0.39 is 11.1 Å². The maximum absolute atomic E-state index is 12.4. The first-order chi connectivity index (χ1) is 11.0. The third-order valence-electron chi connectivity index (χ3n) is 3.39. The predicted octanol–water partition coefficient (Wildman–Crippen LogP) is 0.474. The number of hydrogen-bond donors (Lipinski definition) is 1. The number of nitriles is 3. The van der Waals surface area contributed by atoms with Crippen LogP contribution >= 0.6 is 0 Å². The molecular formula is C15H10N6O2. The number of nitrogens with one attached hydrogen (secondary N) is 1. The molecule has 2 rings (SSSR count). The first-order valence-electron chi connectivity index (χ1n) is 6.36. The highest BCUT2D eigenvalue weighted by Gasteiger charge is 2.14. The van der Waals surface area contributed by atoms with Crippen LogP contribution in [-0.2, 0) is 14.1 Å². The van der Waals surface area contributed by atoms with Crippen molar-refractivity contribution >= 4 is 16.5 Å². The lowest BCUT2D eigenvalue weighted by atomic mass is 10.1. The maximum atomic E-state index is 12.4. The number of aromatic nitrogens is 2. The summed E-state index contributed by atoms with van der Waals surface area (Å²) in [6, 6.07) is 9.44. The zero-order valence-corrected chi connectivity index (χ0v) is 12.3. The van der Waals surface area contributed by atoms with E-state index in [1.54, 1.807) is 24.3 Å². The first-order valence-corrected chi connectivity index (χ1v) is 6.36. The number of hydrogen-bond acceptors (Lipinski definition) is 6. The minimum absolute atomic E-state index is 0.0843. The summed E-state index contributed by atoms with van der Waals surface area (Å²) in [6.07, 6.45) is 0. The van der Waals surface area contributed by atoms with Crippen LogP contribution in [0.3, 0.4) is 0 Å². The number of fused-ring (bicyclic) bond motifs is 1. The summed E-state index contributed by atoms with van der Waals surface area (Å²) in [5.41, 5.74) is -1.34. The van der Waals surface area contributed by atoms with Crippen LogP contribution in [0.1, 0.15) is 0 Å². The van der Waals surface area contributed by atoms with Gasteiger partial charge in [-0.15, -0.1) is 0 Å². The van der Waals surface area contributed by atoms with Gasteiger partial charge < -0.3 is 5.32 Å². The van der Waals surface area contributed by atoms with Gasteiger partial charge in [0.1, 0.15) is 23.9 Å². The van der Waals surface area contributed by atoms with Crippen molar-refractivity contribution in [1.29, 1.82) is 15.8 Å². The minimum Gasteiger partial charge on any atom is -0.344 e. The molecule has 0 bridgehead atoms. The normalized spacial score (nSPS) is 9.52. The molecule has 0 saturated carbocycles. The van der Waals surface area contributed by atoms with Crippen molar-refractivity contribution in [3.05, 3.63) is 50.2 Å². The van der Waals surface area contributed by atoms with Crippen LogP contribution in [0, 0.1) is 34.0 Å². The fourth-order valence-electron chi connectivity index (χ4n) is 2.09. The predicted molar refractivity (Wildman–Crippen MR) is 81.9 cm³/mol. The Morgan fingerprint density at radius 3 is 2.17 bits per heavy atom. The molecule has 8 heteroatoms. The number of benzene rings is 1. The zero-order valence-electron chi connectivity index (χ0n) is 12.3. The number of nitrogens with zero attached hydrogens (tertiary/aromatic N) is 5. The average Bonchev–Trinajstić information content (AvgIpc) is 2.57. The monoisotopic (exact) mass is 306 g/mol. The van der Waals surface area contributed by atoms with Crippen molar-refractivity contribution in [2.24, 2.45) is 14.1 Å². The van der Waals surface area contributed by atoms with E-state index in [0.29, 0.717) is 0 Å². The second-order valence-electron chi connectivity index (χ2n) is 4.60. The largest absolute Gasteiger partial charge is 0.344 e. The van der Waals surface area contributed by atoms with Crippen LogP contribution in [-0.4, -0.2) is 9.36 Å². The van der Waals surface area contributed by atoms with Gasteiger partial charge in [-0.1, -0.05) is 6.07 Å². The second-order valence-corrected chi connectivity index (χ2v) is 4.60. The zero-order chi connectivity index (χ0) is 17.1. The van der Waals surface area contributed by atoms with Gasteiger partial charge in [0.25, 0.3) is 11.1 Å². The molecule has 0 unspecified atom stereocenters. The van der Waals surface area contributed by atoms with Gasteiger partial charge in [0.15, 0.2) is 5.57 Å². The van der Waals surface area contributed by atoms with Crippen LogP contribution in [0.15, 0.2) is 39.1 Å². The van der Waals surface area contributed by atoms with Gasteiger partial charge >= 0.3 is 0 Å². The maximum Gasteiger partial charge on any atom is 0.275 e. The van der Waals surface area contributed by atoms with Crippen molar-refractivity contribution in [3.8, 4) is 18.2 Å². The van der Waals surface area contributed by atoms with E-state index >= 15 is 0 Å². The number of rotatable bonds is 2. The lowest BCUT2D eigenvalue weighted by Gasteiger charge is -2.12. The Labute approximate surface area is 130 Å². The summed E-state index contributed by atoms with van der Waals surface area (Å²) in [5.74, 6) is 0. The molecule has 0 saturated heterocycles. The van der Waals surface area contributed by atoms with Crippen LogP contribution in [0.5, 0.6) is 0 Å². The van der Waals surface area contributed by atoms with Crippen LogP contribution in [0.25, 0.3) is 10.8 Å². The van der Waals surface area contributed by atoms with Crippen molar-refractivity contribution in [1.82, 2.24) is 9.36 Å². The number of anilines is 1. The van der Waals surface area contributed by atoms with Gasteiger partial charge in [0, 0.05) is 14.1 Å². The van der Waals surface area contributed by atoms with Crippen LogP contribution in [0.4, 0.5) is 5.69 Å². The van der Waals surface area contributed by atoms with Gasteiger partial charge in [-0.2, -0.15) is 15.8 Å². The Morgan fingerprint density at radius 2 is 1.61 bits per heavy atom. The van der Waals surface area contributed by atoms with E-state index in [2.05, 4.69) is 5.32 Å². The molecule has 0 aliphatic rings. The molecule has 112 valence electrons. The van der Waals surface area contributed by atoms with Crippen molar-refractivity contribution in [2.45, 2.75) is 0 Å². The molecule has 0 radical (unpaired) electrons. The highest BCUT2D eigenvalue weighted by molar-refractivity contribution is 5.93. The van der Waals surface area contributed by atoms with Gasteiger partial charge in [0.2, 0.25) is 0 Å². The topological polar surface area (TPSA) is 127 Å². The number of allylic oxidation sites excluding steroid dienone is 2. The summed E-state index contributed by atoms with van der Waals surface area (Å²) in [6.45, 7) is 0. The Morgan fingerprint density at radius 1 is 1.00 bits per heavy atom. The molecule has 0 amide bonds. The highest BCUT2D eigenvalue weighted by Crippen LogP contribution is 2.20. The highest BCUT2D eigenvalue weighted by atomic mass is 16.2. The first kappa shape index (κ1) is 15.6. The summed E-state index contributed by atoms with van der Waals surface area (Å²) in [5, 5.41) is 29.7. The summed E-state index contributed by atoms with van der Waals surface area (Å²) in [7, 11) is 2.91. The smallest absolute Gasteiger partial charge is 0.275 e. The molecule has 1 heterocycles. The van der Waals surface area contributed by atoms with E-state index in [1.807, 2.05) is 0 Å². The minimum atomic E-state index is -0.446. The van der Waals surface area contributed by atoms with Crippen LogP contribution < -0.4 is 16.4 Å².